The summed E-state index contributed by atoms with van der Waals surface area (Å²) in [6.07, 6.45) is 1.51. The molecule has 0 saturated carbocycles. The lowest BCUT2D eigenvalue weighted by Gasteiger charge is -2.04. The third kappa shape index (κ3) is 3.97. The molecule has 0 aliphatic rings. The third-order valence-electron chi connectivity index (χ3n) is 3.02. The smallest absolute Gasteiger partial charge is 0.265 e. The molecule has 2 heterocycles. The normalized spacial score (nSPS) is 11.6. The molecule has 3 aromatic rings. The first-order valence-corrected chi connectivity index (χ1v) is 10.1. The molecule has 0 bridgehead atoms. The van der Waals surface area contributed by atoms with Crippen LogP contribution in [0.2, 0.25) is 5.02 Å². The van der Waals surface area contributed by atoms with Crippen LogP contribution in [0.4, 0.5) is 10.2 Å². The van der Waals surface area contributed by atoms with Gasteiger partial charge in [-0.2, -0.15) is 5.10 Å². The van der Waals surface area contributed by atoms with E-state index in [2.05, 4.69) is 25.8 Å². The minimum Gasteiger partial charge on any atom is -0.265 e. The van der Waals surface area contributed by atoms with Gasteiger partial charge in [-0.1, -0.05) is 23.7 Å². The van der Waals surface area contributed by atoms with Crippen molar-refractivity contribution in [3.8, 4) is 0 Å². The monoisotopic (exact) mass is 449 g/mol. The number of rotatable bonds is 5. The number of hydrogen-bond acceptors (Lipinski definition) is 4. The SMILES string of the molecule is O=S(=O)(Nc1nn(Cc2ccc(F)cc2)cc1Cl)c1ccc(Br)s1. The van der Waals surface area contributed by atoms with E-state index in [1.807, 2.05) is 0 Å². The molecule has 24 heavy (non-hydrogen) atoms. The van der Waals surface area contributed by atoms with Crippen molar-refractivity contribution in [2.24, 2.45) is 0 Å². The van der Waals surface area contributed by atoms with E-state index in [0.29, 0.717) is 10.3 Å². The first kappa shape index (κ1) is 17.4. The first-order chi connectivity index (χ1) is 11.3. The molecular formula is C14H10BrClFN3O2S2. The van der Waals surface area contributed by atoms with Crippen LogP contribution in [-0.2, 0) is 16.6 Å². The summed E-state index contributed by atoms with van der Waals surface area (Å²) in [7, 11) is -3.75. The number of halogens is 3. The summed E-state index contributed by atoms with van der Waals surface area (Å²) in [4.78, 5) is 0. The van der Waals surface area contributed by atoms with Gasteiger partial charge in [0.15, 0.2) is 5.82 Å². The number of benzene rings is 1. The van der Waals surface area contributed by atoms with E-state index in [-0.39, 0.29) is 20.9 Å². The Bertz CT molecular complexity index is 970. The van der Waals surface area contributed by atoms with Gasteiger partial charge in [0.25, 0.3) is 10.0 Å². The van der Waals surface area contributed by atoms with Crippen LogP contribution in [0.3, 0.4) is 0 Å². The standard InChI is InChI=1S/C14H10BrClFN3O2S2/c15-12-5-6-13(23-12)24(21,22)19-14-11(16)8-20(18-14)7-9-1-3-10(17)4-2-9/h1-6,8H,7H2,(H,18,19). The van der Waals surface area contributed by atoms with Crippen molar-refractivity contribution in [1.82, 2.24) is 9.78 Å². The number of hydrogen-bond donors (Lipinski definition) is 1. The lowest BCUT2D eigenvalue weighted by Crippen LogP contribution is -2.12. The molecule has 1 aromatic carbocycles. The second-order valence-corrected chi connectivity index (χ2v) is 9.59. The molecule has 0 aliphatic heterocycles. The Balaban J connectivity index is 1.80. The number of aromatic nitrogens is 2. The van der Waals surface area contributed by atoms with Crippen molar-refractivity contribution in [2.45, 2.75) is 10.8 Å². The van der Waals surface area contributed by atoms with Gasteiger partial charge < -0.3 is 0 Å². The first-order valence-electron chi connectivity index (χ1n) is 6.59. The molecule has 0 saturated heterocycles. The van der Waals surface area contributed by atoms with Crippen molar-refractivity contribution < 1.29 is 12.8 Å². The fraction of sp³-hybridized carbons (Fsp3) is 0.0714. The highest BCUT2D eigenvalue weighted by Crippen LogP contribution is 2.29. The number of anilines is 1. The van der Waals surface area contributed by atoms with E-state index >= 15 is 0 Å². The van der Waals surface area contributed by atoms with Crippen LogP contribution < -0.4 is 4.72 Å². The zero-order valence-electron chi connectivity index (χ0n) is 11.9. The second kappa shape index (κ2) is 6.83. The average Bonchev–Trinajstić information content (AvgIpc) is 3.08. The van der Waals surface area contributed by atoms with Gasteiger partial charge in [0.1, 0.15) is 15.0 Å². The second-order valence-electron chi connectivity index (χ2n) is 4.81. The summed E-state index contributed by atoms with van der Waals surface area (Å²) in [5.41, 5.74) is 0.812. The molecule has 0 aliphatic carbocycles. The maximum absolute atomic E-state index is 12.9. The quantitative estimate of drug-likeness (QED) is 0.628. The van der Waals surface area contributed by atoms with E-state index in [9.17, 15) is 12.8 Å². The van der Waals surface area contributed by atoms with E-state index in [1.54, 1.807) is 18.2 Å². The Kier molecular flexibility index (Phi) is 4.95. The van der Waals surface area contributed by atoms with Crippen LogP contribution in [0.25, 0.3) is 0 Å². The summed E-state index contributed by atoms with van der Waals surface area (Å²) >= 11 is 10.4. The number of nitrogens with zero attached hydrogens (tertiary/aromatic N) is 2. The highest BCUT2D eigenvalue weighted by molar-refractivity contribution is 9.11. The highest BCUT2D eigenvalue weighted by atomic mass is 79.9. The predicted molar refractivity (Wildman–Crippen MR) is 95.6 cm³/mol. The van der Waals surface area contributed by atoms with Gasteiger partial charge in [0.05, 0.1) is 10.3 Å². The molecule has 1 N–H and O–H groups in total. The van der Waals surface area contributed by atoms with E-state index < -0.39 is 10.0 Å². The molecule has 126 valence electrons. The maximum atomic E-state index is 12.9. The zero-order chi connectivity index (χ0) is 17.3. The van der Waals surface area contributed by atoms with Gasteiger partial charge in [-0.15, -0.1) is 11.3 Å². The maximum Gasteiger partial charge on any atom is 0.272 e. The van der Waals surface area contributed by atoms with Crippen LogP contribution in [0, 0.1) is 5.82 Å². The van der Waals surface area contributed by atoms with Gasteiger partial charge in [-0.25, -0.2) is 12.8 Å². The van der Waals surface area contributed by atoms with Crippen molar-refractivity contribution in [3.05, 3.63) is 62.8 Å². The van der Waals surface area contributed by atoms with Gasteiger partial charge in [0, 0.05) is 6.20 Å². The number of thiophene rings is 1. The van der Waals surface area contributed by atoms with Gasteiger partial charge in [-0.3, -0.25) is 9.40 Å². The number of sulfonamides is 1. The Morgan fingerprint density at radius 3 is 2.58 bits per heavy atom. The molecule has 0 atom stereocenters. The fourth-order valence-corrected chi connectivity index (χ4v) is 5.22. The van der Waals surface area contributed by atoms with Gasteiger partial charge in [0.2, 0.25) is 0 Å². The molecule has 0 unspecified atom stereocenters. The molecule has 0 fully saturated rings. The van der Waals surface area contributed by atoms with Crippen molar-refractivity contribution in [1.29, 1.82) is 0 Å². The zero-order valence-corrected chi connectivity index (χ0v) is 15.9. The van der Waals surface area contributed by atoms with Crippen molar-refractivity contribution >= 4 is 54.7 Å². The largest absolute Gasteiger partial charge is 0.272 e. The molecular weight excluding hydrogens is 441 g/mol. The summed E-state index contributed by atoms with van der Waals surface area (Å²) in [6.45, 7) is 0.340. The molecule has 10 heteroatoms. The Labute approximate surface area is 155 Å². The third-order valence-corrected chi connectivity index (χ3v) is 6.75. The summed E-state index contributed by atoms with van der Waals surface area (Å²) in [6, 6.07) is 9.07. The van der Waals surface area contributed by atoms with E-state index in [1.165, 1.54) is 29.1 Å². The van der Waals surface area contributed by atoms with Crippen LogP contribution >= 0.6 is 38.9 Å². The molecule has 3 rings (SSSR count). The van der Waals surface area contributed by atoms with E-state index in [4.69, 9.17) is 11.6 Å². The van der Waals surface area contributed by atoms with Crippen LogP contribution in [0.5, 0.6) is 0 Å². The van der Waals surface area contributed by atoms with Crippen LogP contribution in [-0.4, -0.2) is 18.2 Å². The Hall–Kier alpha value is -1.42. The topological polar surface area (TPSA) is 64.0 Å². The lowest BCUT2D eigenvalue weighted by atomic mass is 10.2. The fourth-order valence-electron chi connectivity index (χ4n) is 1.94. The van der Waals surface area contributed by atoms with Crippen LogP contribution in [0.1, 0.15) is 5.56 Å². The summed E-state index contributed by atoms with van der Waals surface area (Å²) < 4.78 is 42.2. The molecule has 5 nitrogen and oxygen atoms in total. The predicted octanol–water partition coefficient (Wildman–Crippen LogP) is 4.35. The molecule has 0 spiro atoms. The minimum absolute atomic E-state index is 0.0447. The van der Waals surface area contributed by atoms with Gasteiger partial charge in [-0.05, 0) is 45.8 Å². The molecule has 0 amide bonds. The Morgan fingerprint density at radius 1 is 1.25 bits per heavy atom. The van der Waals surface area contributed by atoms with Crippen LogP contribution in [0.15, 0.2) is 50.6 Å². The summed E-state index contributed by atoms with van der Waals surface area (Å²) in [5, 5.41) is 4.32. The molecule has 0 radical (unpaired) electrons. The van der Waals surface area contributed by atoms with Crippen molar-refractivity contribution in [2.75, 3.05) is 4.72 Å². The summed E-state index contributed by atoms with van der Waals surface area (Å²) in [5.74, 6) is -0.281. The highest BCUT2D eigenvalue weighted by Gasteiger charge is 2.20. The lowest BCUT2D eigenvalue weighted by molar-refractivity contribution is 0.602. The minimum atomic E-state index is -3.75. The van der Waals surface area contributed by atoms with Crippen molar-refractivity contribution in [3.63, 3.8) is 0 Å². The molecule has 2 aromatic heterocycles. The average molecular weight is 451 g/mol. The van der Waals surface area contributed by atoms with E-state index in [0.717, 1.165) is 16.9 Å². The number of nitrogens with one attached hydrogen (secondary N) is 1. The van der Waals surface area contributed by atoms with Gasteiger partial charge >= 0.3 is 0 Å². The Morgan fingerprint density at radius 2 is 1.96 bits per heavy atom.